The summed E-state index contributed by atoms with van der Waals surface area (Å²) in [7, 11) is 0. The topological polar surface area (TPSA) is 12.9 Å². The molecule has 0 saturated carbocycles. The van der Waals surface area contributed by atoms with E-state index in [-0.39, 0.29) is 0 Å². The zero-order valence-corrected chi connectivity index (χ0v) is 12.6. The molecule has 0 atom stereocenters. The van der Waals surface area contributed by atoms with E-state index in [1.165, 1.54) is 34.7 Å². The monoisotopic (exact) mass is 313 g/mol. The molecule has 0 bridgehead atoms. The molecule has 1 heterocycles. The fourth-order valence-corrected chi connectivity index (χ4v) is 2.89. The molecule has 0 aliphatic heterocycles. The van der Waals surface area contributed by atoms with Gasteiger partial charge < -0.3 is 0 Å². The zero-order valence-electron chi connectivity index (χ0n) is 11.0. The van der Waals surface area contributed by atoms with Gasteiger partial charge in [0.05, 0.1) is 5.52 Å². The van der Waals surface area contributed by atoms with Crippen LogP contribution in [0.25, 0.3) is 21.7 Å². The van der Waals surface area contributed by atoms with Crippen LogP contribution < -0.4 is 0 Å². The van der Waals surface area contributed by atoms with E-state index in [0.717, 1.165) is 16.4 Å². The van der Waals surface area contributed by atoms with Gasteiger partial charge >= 0.3 is 0 Å². The molecule has 0 N–H and O–H groups in total. The first kappa shape index (κ1) is 12.6. The molecule has 2 aromatic carbocycles. The van der Waals surface area contributed by atoms with Crippen LogP contribution in [0, 0.1) is 0 Å². The van der Waals surface area contributed by atoms with Gasteiger partial charge in [-0.15, -0.1) is 0 Å². The molecule has 19 heavy (non-hydrogen) atoms. The van der Waals surface area contributed by atoms with Gasteiger partial charge in [0.2, 0.25) is 0 Å². The van der Waals surface area contributed by atoms with E-state index in [1.807, 2.05) is 0 Å². The average Bonchev–Trinajstić information content (AvgIpc) is 2.45. The maximum absolute atomic E-state index is 4.86. The molecule has 0 fully saturated rings. The van der Waals surface area contributed by atoms with Crippen LogP contribution in [-0.4, -0.2) is 4.98 Å². The lowest BCUT2D eigenvalue weighted by Gasteiger charge is -2.09. The number of aryl methyl sites for hydroxylation is 1. The van der Waals surface area contributed by atoms with Gasteiger partial charge in [-0.2, -0.15) is 0 Å². The van der Waals surface area contributed by atoms with Gasteiger partial charge in [-0.3, -0.25) is 4.98 Å². The van der Waals surface area contributed by atoms with E-state index in [1.54, 1.807) is 0 Å². The fraction of sp³-hybridized carbons (Fsp3) is 0.235. The molecule has 0 saturated heterocycles. The largest absolute Gasteiger partial charge is 0.252 e. The lowest BCUT2D eigenvalue weighted by atomic mass is 10.0. The van der Waals surface area contributed by atoms with Crippen molar-refractivity contribution in [3.8, 4) is 0 Å². The Morgan fingerprint density at radius 2 is 1.79 bits per heavy atom. The number of pyridine rings is 1. The normalized spacial score (nSPS) is 11.3. The van der Waals surface area contributed by atoms with E-state index < -0.39 is 0 Å². The molecule has 0 aliphatic rings. The third kappa shape index (κ3) is 2.37. The predicted molar refractivity (Wildman–Crippen MR) is 85.6 cm³/mol. The van der Waals surface area contributed by atoms with Crippen LogP contribution in [-0.2, 0) is 6.42 Å². The quantitative estimate of drug-likeness (QED) is 0.582. The Morgan fingerprint density at radius 3 is 2.58 bits per heavy atom. The van der Waals surface area contributed by atoms with E-state index in [0.29, 0.717) is 0 Å². The number of aromatic nitrogens is 1. The molecule has 0 spiro atoms. The van der Waals surface area contributed by atoms with E-state index in [2.05, 4.69) is 65.3 Å². The van der Waals surface area contributed by atoms with Gasteiger partial charge in [0, 0.05) is 20.9 Å². The number of nitrogens with zero attached hydrogens (tertiary/aromatic N) is 1. The van der Waals surface area contributed by atoms with Crippen molar-refractivity contribution in [3.05, 3.63) is 52.6 Å². The van der Waals surface area contributed by atoms with Gasteiger partial charge in [0.25, 0.3) is 0 Å². The summed E-state index contributed by atoms with van der Waals surface area (Å²) in [6, 6.07) is 14.9. The number of benzene rings is 2. The molecule has 0 radical (unpaired) electrons. The fourth-order valence-electron chi connectivity index (χ4n) is 2.53. The molecular formula is C17H16BrN. The van der Waals surface area contributed by atoms with Crippen molar-refractivity contribution in [1.82, 2.24) is 4.98 Å². The van der Waals surface area contributed by atoms with Crippen molar-refractivity contribution in [2.45, 2.75) is 26.2 Å². The summed E-state index contributed by atoms with van der Waals surface area (Å²) in [4.78, 5) is 4.86. The number of hydrogen-bond donors (Lipinski definition) is 0. The summed E-state index contributed by atoms with van der Waals surface area (Å²) < 4.78 is 1.10. The number of hydrogen-bond acceptors (Lipinski definition) is 1. The molecule has 1 nitrogen and oxygen atoms in total. The molecular weight excluding hydrogens is 298 g/mol. The van der Waals surface area contributed by atoms with Crippen LogP contribution in [0.15, 0.2) is 46.9 Å². The predicted octanol–water partition coefficient (Wildman–Crippen LogP) is 5.49. The Hall–Kier alpha value is -1.41. The van der Waals surface area contributed by atoms with Gasteiger partial charge in [0.1, 0.15) is 0 Å². The van der Waals surface area contributed by atoms with Crippen LogP contribution in [0.4, 0.5) is 0 Å². The Bertz CT molecular complexity index is 734. The SMILES string of the molecule is CCCCc1nc2ccc(Br)cc2c2ccccc12. The Labute approximate surface area is 121 Å². The first-order valence-corrected chi connectivity index (χ1v) is 7.56. The van der Waals surface area contributed by atoms with Gasteiger partial charge in [-0.05, 0) is 36.4 Å². The zero-order chi connectivity index (χ0) is 13.2. The lowest BCUT2D eigenvalue weighted by Crippen LogP contribution is -1.94. The molecule has 0 aliphatic carbocycles. The Morgan fingerprint density at radius 1 is 1.00 bits per heavy atom. The number of rotatable bonds is 3. The third-order valence-corrected chi connectivity index (χ3v) is 4.00. The van der Waals surface area contributed by atoms with Gasteiger partial charge in [-0.25, -0.2) is 0 Å². The number of unbranched alkanes of at least 4 members (excludes halogenated alkanes) is 1. The summed E-state index contributed by atoms with van der Waals surface area (Å²) in [5.41, 5.74) is 2.32. The second kappa shape index (κ2) is 5.30. The molecule has 1 aromatic heterocycles. The molecule has 2 heteroatoms. The van der Waals surface area contributed by atoms with E-state index in [9.17, 15) is 0 Å². The summed E-state index contributed by atoms with van der Waals surface area (Å²) in [5.74, 6) is 0. The van der Waals surface area contributed by atoms with Crippen LogP contribution in [0.1, 0.15) is 25.5 Å². The Kier molecular flexibility index (Phi) is 3.52. The van der Waals surface area contributed by atoms with Crippen molar-refractivity contribution >= 4 is 37.6 Å². The lowest BCUT2D eigenvalue weighted by molar-refractivity contribution is 0.785. The van der Waals surface area contributed by atoms with Crippen molar-refractivity contribution < 1.29 is 0 Å². The summed E-state index contributed by atoms with van der Waals surface area (Å²) in [5, 5.41) is 3.83. The van der Waals surface area contributed by atoms with Crippen molar-refractivity contribution in [2.24, 2.45) is 0 Å². The summed E-state index contributed by atoms with van der Waals surface area (Å²) in [6.07, 6.45) is 3.45. The first-order chi connectivity index (χ1) is 9.29. The molecule has 3 aromatic rings. The Balaban J connectivity index is 2.33. The number of fused-ring (bicyclic) bond motifs is 3. The molecule has 0 amide bonds. The maximum atomic E-state index is 4.86. The highest BCUT2D eigenvalue weighted by atomic mass is 79.9. The van der Waals surface area contributed by atoms with E-state index >= 15 is 0 Å². The van der Waals surface area contributed by atoms with Gasteiger partial charge in [-0.1, -0.05) is 53.5 Å². The smallest absolute Gasteiger partial charge is 0.0712 e. The highest BCUT2D eigenvalue weighted by Gasteiger charge is 2.07. The van der Waals surface area contributed by atoms with Crippen LogP contribution >= 0.6 is 15.9 Å². The van der Waals surface area contributed by atoms with Crippen LogP contribution in [0.2, 0.25) is 0 Å². The summed E-state index contributed by atoms with van der Waals surface area (Å²) >= 11 is 3.55. The highest BCUT2D eigenvalue weighted by Crippen LogP contribution is 2.29. The van der Waals surface area contributed by atoms with Gasteiger partial charge in [0.15, 0.2) is 0 Å². The third-order valence-electron chi connectivity index (χ3n) is 3.51. The second-order valence-electron chi connectivity index (χ2n) is 4.87. The average molecular weight is 314 g/mol. The standard InChI is InChI=1S/C17H16BrN/c1-2-3-8-16-14-7-5-4-6-13(14)15-11-12(18)9-10-17(15)19-16/h4-7,9-11H,2-3,8H2,1H3. The minimum absolute atomic E-state index is 1.06. The highest BCUT2D eigenvalue weighted by molar-refractivity contribution is 9.10. The van der Waals surface area contributed by atoms with Crippen molar-refractivity contribution in [3.63, 3.8) is 0 Å². The second-order valence-corrected chi connectivity index (χ2v) is 5.78. The molecule has 3 rings (SSSR count). The van der Waals surface area contributed by atoms with Crippen LogP contribution in [0.5, 0.6) is 0 Å². The minimum Gasteiger partial charge on any atom is -0.252 e. The maximum Gasteiger partial charge on any atom is 0.0712 e. The molecule has 96 valence electrons. The number of halogens is 1. The minimum atomic E-state index is 1.06. The molecule has 0 unspecified atom stereocenters. The van der Waals surface area contributed by atoms with Crippen molar-refractivity contribution in [2.75, 3.05) is 0 Å². The first-order valence-electron chi connectivity index (χ1n) is 6.76. The van der Waals surface area contributed by atoms with Crippen LogP contribution in [0.3, 0.4) is 0 Å². The van der Waals surface area contributed by atoms with Crippen molar-refractivity contribution in [1.29, 1.82) is 0 Å². The van der Waals surface area contributed by atoms with E-state index in [4.69, 9.17) is 4.98 Å². The summed E-state index contributed by atoms with van der Waals surface area (Å²) in [6.45, 7) is 2.22.